The van der Waals surface area contributed by atoms with Crippen molar-refractivity contribution < 1.29 is 9.53 Å². The average Bonchev–Trinajstić information content (AvgIpc) is 2.70. The molecule has 1 aromatic rings. The molecule has 1 heterocycles. The van der Waals surface area contributed by atoms with Gasteiger partial charge in [0, 0.05) is 18.4 Å². The lowest BCUT2D eigenvalue weighted by Gasteiger charge is -2.19. The molecule has 0 bridgehead atoms. The molecular weight excluding hydrogens is 202 g/mol. The van der Waals surface area contributed by atoms with Crippen LogP contribution in [-0.2, 0) is 4.79 Å². The normalized spacial score (nSPS) is 24.2. The van der Waals surface area contributed by atoms with Crippen molar-refractivity contribution >= 4 is 5.91 Å². The highest BCUT2D eigenvalue weighted by atomic mass is 16.5. The van der Waals surface area contributed by atoms with E-state index in [2.05, 4.69) is 12.2 Å². The maximum absolute atomic E-state index is 11.4. The smallest absolute Gasteiger partial charge is 0.220 e. The van der Waals surface area contributed by atoms with Crippen molar-refractivity contribution in [3.63, 3.8) is 0 Å². The topological polar surface area (TPSA) is 38.3 Å². The van der Waals surface area contributed by atoms with Crippen molar-refractivity contribution in [1.29, 1.82) is 0 Å². The van der Waals surface area contributed by atoms with E-state index in [0.29, 0.717) is 6.42 Å². The number of hydrogen-bond acceptors (Lipinski definition) is 2. The van der Waals surface area contributed by atoms with Crippen LogP contribution in [0.4, 0.5) is 0 Å². The Morgan fingerprint density at radius 2 is 2.19 bits per heavy atom. The van der Waals surface area contributed by atoms with Crippen molar-refractivity contribution in [1.82, 2.24) is 5.32 Å². The Labute approximate surface area is 95.8 Å². The van der Waals surface area contributed by atoms with Gasteiger partial charge in [-0.2, -0.15) is 0 Å². The summed E-state index contributed by atoms with van der Waals surface area (Å²) in [5, 5.41) is 3.01. The quantitative estimate of drug-likeness (QED) is 0.845. The van der Waals surface area contributed by atoms with E-state index in [1.807, 2.05) is 24.3 Å². The molecule has 2 rings (SSSR count). The van der Waals surface area contributed by atoms with Crippen LogP contribution in [0.2, 0.25) is 0 Å². The van der Waals surface area contributed by atoms with E-state index in [1.165, 1.54) is 0 Å². The first-order chi connectivity index (χ1) is 7.76. The van der Waals surface area contributed by atoms with Crippen LogP contribution in [0.5, 0.6) is 5.75 Å². The summed E-state index contributed by atoms with van der Waals surface area (Å²) in [4.78, 5) is 11.4. The van der Waals surface area contributed by atoms with Gasteiger partial charge in [0.05, 0.1) is 7.11 Å². The van der Waals surface area contributed by atoms with E-state index in [0.717, 1.165) is 17.7 Å². The first-order valence-electron chi connectivity index (χ1n) is 5.68. The first-order valence-corrected chi connectivity index (χ1v) is 5.68. The molecule has 86 valence electrons. The summed E-state index contributed by atoms with van der Waals surface area (Å²) < 4.78 is 5.35. The molecule has 0 spiro atoms. The number of carbonyl (C=O) groups excluding carboxylic acids is 1. The zero-order valence-corrected chi connectivity index (χ0v) is 9.69. The highest BCUT2D eigenvalue weighted by Gasteiger charge is 2.33. The van der Waals surface area contributed by atoms with Crippen LogP contribution in [0.15, 0.2) is 24.3 Å². The van der Waals surface area contributed by atoms with Gasteiger partial charge in [-0.1, -0.05) is 25.1 Å². The molecule has 1 fully saturated rings. The van der Waals surface area contributed by atoms with Gasteiger partial charge < -0.3 is 10.1 Å². The van der Waals surface area contributed by atoms with Gasteiger partial charge in [0.2, 0.25) is 5.91 Å². The van der Waals surface area contributed by atoms with E-state index in [-0.39, 0.29) is 17.9 Å². The second-order valence-corrected chi connectivity index (χ2v) is 4.13. The largest absolute Gasteiger partial charge is 0.496 e. The molecule has 1 saturated heterocycles. The summed E-state index contributed by atoms with van der Waals surface area (Å²) in [6.07, 6.45) is 1.52. The van der Waals surface area contributed by atoms with Crippen LogP contribution in [0, 0.1) is 0 Å². The Bertz CT molecular complexity index is 389. The van der Waals surface area contributed by atoms with Crippen molar-refractivity contribution in [2.24, 2.45) is 0 Å². The second-order valence-electron chi connectivity index (χ2n) is 4.13. The van der Waals surface area contributed by atoms with E-state index in [9.17, 15) is 4.79 Å². The highest BCUT2D eigenvalue weighted by Crippen LogP contribution is 2.35. The standard InChI is InChI=1S/C13H17NO2/c1-3-11-10(8-13(15)14-11)9-6-4-5-7-12(9)16-2/h4-7,10-11H,3,8H2,1-2H3,(H,14,15). The average molecular weight is 219 g/mol. The molecule has 2 atom stereocenters. The van der Waals surface area contributed by atoms with Gasteiger partial charge in [0.15, 0.2) is 0 Å². The van der Waals surface area contributed by atoms with Gasteiger partial charge in [-0.25, -0.2) is 0 Å². The van der Waals surface area contributed by atoms with E-state index in [1.54, 1.807) is 7.11 Å². The number of para-hydroxylation sites is 1. The molecule has 1 N–H and O–H groups in total. The Hall–Kier alpha value is -1.51. The summed E-state index contributed by atoms with van der Waals surface area (Å²) in [5.74, 6) is 1.26. The molecule has 0 aromatic heterocycles. The van der Waals surface area contributed by atoms with Crippen molar-refractivity contribution in [2.45, 2.75) is 31.7 Å². The van der Waals surface area contributed by atoms with Crippen LogP contribution in [0.1, 0.15) is 31.2 Å². The monoisotopic (exact) mass is 219 g/mol. The molecule has 0 aliphatic carbocycles. The first kappa shape index (κ1) is 11.0. The predicted molar refractivity (Wildman–Crippen MR) is 62.6 cm³/mol. The third-order valence-corrected chi connectivity index (χ3v) is 3.22. The van der Waals surface area contributed by atoms with Gasteiger partial charge in [0.25, 0.3) is 0 Å². The van der Waals surface area contributed by atoms with Gasteiger partial charge in [-0.05, 0) is 18.1 Å². The summed E-state index contributed by atoms with van der Waals surface area (Å²) >= 11 is 0. The molecule has 3 nitrogen and oxygen atoms in total. The fourth-order valence-corrected chi connectivity index (χ4v) is 2.39. The third-order valence-electron chi connectivity index (χ3n) is 3.22. The molecule has 1 aromatic carbocycles. The molecule has 0 radical (unpaired) electrons. The van der Waals surface area contributed by atoms with Gasteiger partial charge >= 0.3 is 0 Å². The third kappa shape index (κ3) is 1.90. The zero-order chi connectivity index (χ0) is 11.5. The molecule has 1 amide bonds. The van der Waals surface area contributed by atoms with Crippen LogP contribution < -0.4 is 10.1 Å². The number of methoxy groups -OCH3 is 1. The Balaban J connectivity index is 2.32. The fourth-order valence-electron chi connectivity index (χ4n) is 2.39. The highest BCUT2D eigenvalue weighted by molar-refractivity contribution is 5.80. The Morgan fingerprint density at radius 3 is 2.88 bits per heavy atom. The molecule has 2 unspecified atom stereocenters. The Kier molecular flexibility index (Phi) is 3.13. The summed E-state index contributed by atoms with van der Waals surface area (Å²) in [5.41, 5.74) is 1.13. The van der Waals surface area contributed by atoms with Crippen LogP contribution in [0.3, 0.4) is 0 Å². The van der Waals surface area contributed by atoms with Crippen molar-refractivity contribution in [2.75, 3.05) is 7.11 Å². The van der Waals surface area contributed by atoms with E-state index < -0.39 is 0 Å². The minimum atomic E-state index is 0.141. The number of nitrogens with one attached hydrogen (secondary N) is 1. The summed E-state index contributed by atoms with van der Waals surface area (Å²) in [6, 6.07) is 8.18. The molecule has 3 heteroatoms. The number of amides is 1. The predicted octanol–water partition coefficient (Wildman–Crippen LogP) is 2.08. The molecule has 1 aliphatic heterocycles. The van der Waals surface area contributed by atoms with Gasteiger partial charge in [0.1, 0.15) is 5.75 Å². The number of rotatable bonds is 3. The van der Waals surface area contributed by atoms with E-state index >= 15 is 0 Å². The lowest BCUT2D eigenvalue weighted by molar-refractivity contribution is -0.119. The fraction of sp³-hybridized carbons (Fsp3) is 0.462. The van der Waals surface area contributed by atoms with Gasteiger partial charge in [-0.15, -0.1) is 0 Å². The molecule has 0 saturated carbocycles. The Morgan fingerprint density at radius 1 is 1.44 bits per heavy atom. The maximum atomic E-state index is 11.4. The van der Waals surface area contributed by atoms with Crippen molar-refractivity contribution in [3.05, 3.63) is 29.8 Å². The minimum Gasteiger partial charge on any atom is -0.496 e. The van der Waals surface area contributed by atoms with Gasteiger partial charge in [-0.3, -0.25) is 4.79 Å². The summed E-state index contributed by atoms with van der Waals surface area (Å²) in [7, 11) is 1.67. The second kappa shape index (κ2) is 4.56. The van der Waals surface area contributed by atoms with Crippen molar-refractivity contribution in [3.8, 4) is 5.75 Å². The lowest BCUT2D eigenvalue weighted by atomic mass is 9.90. The number of carbonyl (C=O) groups is 1. The SMILES string of the molecule is CCC1NC(=O)CC1c1ccccc1OC. The summed E-state index contributed by atoms with van der Waals surface area (Å²) in [6.45, 7) is 2.10. The molecule has 1 aliphatic rings. The van der Waals surface area contributed by atoms with Crippen LogP contribution in [-0.4, -0.2) is 19.1 Å². The molecular formula is C13H17NO2. The molecule has 16 heavy (non-hydrogen) atoms. The number of hydrogen-bond donors (Lipinski definition) is 1. The number of ether oxygens (including phenoxy) is 1. The maximum Gasteiger partial charge on any atom is 0.220 e. The zero-order valence-electron chi connectivity index (χ0n) is 9.69. The minimum absolute atomic E-state index is 0.141. The van der Waals surface area contributed by atoms with Crippen LogP contribution >= 0.6 is 0 Å². The number of benzene rings is 1. The van der Waals surface area contributed by atoms with E-state index in [4.69, 9.17) is 4.74 Å². The van der Waals surface area contributed by atoms with Crippen LogP contribution in [0.25, 0.3) is 0 Å². The lowest BCUT2D eigenvalue weighted by Crippen LogP contribution is -2.27.